The van der Waals surface area contributed by atoms with Gasteiger partial charge in [-0.25, -0.2) is 0 Å². The van der Waals surface area contributed by atoms with Crippen LogP contribution in [0.4, 0.5) is 0 Å². The molecule has 20 heavy (non-hydrogen) atoms. The molecule has 0 bridgehead atoms. The molecule has 1 nitrogen and oxygen atoms in total. The maximum Gasteiger partial charge on any atom is 0.0495 e. The van der Waals surface area contributed by atoms with Crippen molar-refractivity contribution in [1.29, 1.82) is 0 Å². The minimum Gasteiger partial charge on any atom is -0.294 e. The van der Waals surface area contributed by atoms with Gasteiger partial charge in [-0.15, -0.1) is 0 Å². The molecule has 0 saturated heterocycles. The Kier molecular flexibility index (Phi) is 7.69. The Bertz CT molecular complexity index is 257. The first-order valence-corrected chi connectivity index (χ1v) is 9.40. The van der Waals surface area contributed by atoms with Crippen LogP contribution in [0, 0.1) is 11.8 Å². The molecule has 0 N–H and O–H groups in total. The molecule has 116 valence electrons. The standard InChI is InChI=1S/C19H35N/c1-2-3-5-8-17-11-13-18(14-12-17)15-16-20-19-9-6-4-7-10-19/h16-19H,2-15H2,1H3/b20-16+. The topological polar surface area (TPSA) is 12.4 Å². The smallest absolute Gasteiger partial charge is 0.0495 e. The third-order valence-corrected chi connectivity index (χ3v) is 5.51. The van der Waals surface area contributed by atoms with Crippen LogP contribution in [-0.2, 0) is 0 Å². The van der Waals surface area contributed by atoms with Crippen molar-refractivity contribution in [2.75, 3.05) is 0 Å². The summed E-state index contributed by atoms with van der Waals surface area (Å²) in [6, 6.07) is 0.675. The quantitative estimate of drug-likeness (QED) is 0.390. The van der Waals surface area contributed by atoms with Crippen molar-refractivity contribution in [1.82, 2.24) is 0 Å². The Balaban J connectivity index is 1.56. The predicted molar refractivity (Wildman–Crippen MR) is 89.6 cm³/mol. The monoisotopic (exact) mass is 277 g/mol. The lowest BCUT2D eigenvalue weighted by Gasteiger charge is -2.28. The molecule has 0 radical (unpaired) electrons. The Morgan fingerprint density at radius 3 is 2.25 bits per heavy atom. The summed E-state index contributed by atoms with van der Waals surface area (Å²) in [5, 5.41) is 0. The zero-order valence-electron chi connectivity index (χ0n) is 13.7. The van der Waals surface area contributed by atoms with Gasteiger partial charge in [-0.1, -0.05) is 64.7 Å². The second-order valence-electron chi connectivity index (χ2n) is 7.24. The van der Waals surface area contributed by atoms with Gasteiger partial charge in [0.1, 0.15) is 0 Å². The van der Waals surface area contributed by atoms with E-state index >= 15 is 0 Å². The second-order valence-corrected chi connectivity index (χ2v) is 7.24. The van der Waals surface area contributed by atoms with E-state index < -0.39 is 0 Å². The largest absolute Gasteiger partial charge is 0.294 e. The van der Waals surface area contributed by atoms with Crippen LogP contribution < -0.4 is 0 Å². The summed E-state index contributed by atoms with van der Waals surface area (Å²) >= 11 is 0. The van der Waals surface area contributed by atoms with Crippen LogP contribution in [0.2, 0.25) is 0 Å². The van der Waals surface area contributed by atoms with Crippen molar-refractivity contribution >= 4 is 6.21 Å². The van der Waals surface area contributed by atoms with Gasteiger partial charge in [0.15, 0.2) is 0 Å². The van der Waals surface area contributed by atoms with Gasteiger partial charge < -0.3 is 0 Å². The number of aliphatic imine (C=N–C) groups is 1. The molecule has 1 heteroatoms. The zero-order valence-corrected chi connectivity index (χ0v) is 13.7. The molecule has 2 rings (SSSR count). The second kappa shape index (κ2) is 9.58. The van der Waals surface area contributed by atoms with Crippen LogP contribution in [-0.4, -0.2) is 12.3 Å². The van der Waals surface area contributed by atoms with Crippen LogP contribution in [0.1, 0.15) is 96.8 Å². The van der Waals surface area contributed by atoms with Gasteiger partial charge in [0.2, 0.25) is 0 Å². The molecule has 0 atom stereocenters. The summed E-state index contributed by atoms with van der Waals surface area (Å²) in [6.45, 7) is 2.31. The number of unbranched alkanes of at least 4 members (excludes halogenated alkanes) is 2. The van der Waals surface area contributed by atoms with Gasteiger partial charge in [0.25, 0.3) is 0 Å². The van der Waals surface area contributed by atoms with Crippen molar-refractivity contribution < 1.29 is 0 Å². The number of hydrogen-bond acceptors (Lipinski definition) is 1. The molecular formula is C19H35N. The van der Waals surface area contributed by atoms with E-state index in [0.29, 0.717) is 6.04 Å². The molecule has 2 saturated carbocycles. The lowest BCUT2D eigenvalue weighted by Crippen LogP contribution is -2.15. The van der Waals surface area contributed by atoms with Gasteiger partial charge in [0.05, 0.1) is 0 Å². The number of rotatable bonds is 7. The van der Waals surface area contributed by atoms with Crippen LogP contribution in [0.3, 0.4) is 0 Å². The molecule has 0 aromatic carbocycles. The molecule has 0 aromatic heterocycles. The van der Waals surface area contributed by atoms with Crippen molar-refractivity contribution in [3.8, 4) is 0 Å². The number of nitrogens with zero attached hydrogens (tertiary/aromatic N) is 1. The first-order valence-electron chi connectivity index (χ1n) is 9.40. The molecule has 2 fully saturated rings. The minimum atomic E-state index is 0.675. The van der Waals surface area contributed by atoms with Crippen molar-refractivity contribution in [3.63, 3.8) is 0 Å². The average molecular weight is 277 g/mol. The third-order valence-electron chi connectivity index (χ3n) is 5.51. The molecule has 0 amide bonds. The molecule has 0 aromatic rings. The van der Waals surface area contributed by atoms with E-state index in [1.165, 1.54) is 89.9 Å². The van der Waals surface area contributed by atoms with Crippen LogP contribution >= 0.6 is 0 Å². The lowest BCUT2D eigenvalue weighted by atomic mass is 9.79. The van der Waals surface area contributed by atoms with E-state index in [1.54, 1.807) is 0 Å². The minimum absolute atomic E-state index is 0.675. The van der Waals surface area contributed by atoms with Crippen LogP contribution in [0.25, 0.3) is 0 Å². The van der Waals surface area contributed by atoms with E-state index in [2.05, 4.69) is 13.1 Å². The molecule has 0 aliphatic heterocycles. The lowest BCUT2D eigenvalue weighted by molar-refractivity contribution is 0.264. The summed E-state index contributed by atoms with van der Waals surface area (Å²) in [4.78, 5) is 4.83. The van der Waals surface area contributed by atoms with Crippen LogP contribution in [0.15, 0.2) is 4.99 Å². The molecule has 2 aliphatic rings. The fraction of sp³-hybridized carbons (Fsp3) is 0.947. The highest BCUT2D eigenvalue weighted by Crippen LogP contribution is 2.33. The summed E-state index contributed by atoms with van der Waals surface area (Å²) in [7, 11) is 0. The van der Waals surface area contributed by atoms with Crippen molar-refractivity contribution in [3.05, 3.63) is 0 Å². The molecular weight excluding hydrogens is 242 g/mol. The number of hydrogen-bond donors (Lipinski definition) is 0. The predicted octanol–water partition coefficient (Wildman–Crippen LogP) is 6.17. The van der Waals surface area contributed by atoms with E-state index in [9.17, 15) is 0 Å². The Morgan fingerprint density at radius 1 is 0.850 bits per heavy atom. The zero-order chi connectivity index (χ0) is 14.0. The molecule has 2 aliphatic carbocycles. The van der Waals surface area contributed by atoms with Crippen molar-refractivity contribution in [2.45, 2.75) is 103 Å². The summed E-state index contributed by atoms with van der Waals surface area (Å²) in [5.74, 6) is 2.00. The average Bonchev–Trinajstić information content (AvgIpc) is 2.50. The highest BCUT2D eigenvalue weighted by atomic mass is 14.8. The van der Waals surface area contributed by atoms with E-state index in [-0.39, 0.29) is 0 Å². The molecule has 0 unspecified atom stereocenters. The Hall–Kier alpha value is -0.330. The van der Waals surface area contributed by atoms with Gasteiger partial charge in [-0.05, 0) is 50.2 Å². The molecule has 0 heterocycles. The highest BCUT2D eigenvalue weighted by Gasteiger charge is 2.20. The summed E-state index contributed by atoms with van der Waals surface area (Å²) < 4.78 is 0. The van der Waals surface area contributed by atoms with Gasteiger partial charge in [0, 0.05) is 6.04 Å². The fourth-order valence-corrected chi connectivity index (χ4v) is 4.03. The SMILES string of the molecule is CCCCCC1CCC(C/C=N/C2CCCCC2)CC1. The van der Waals surface area contributed by atoms with Crippen LogP contribution in [0.5, 0.6) is 0 Å². The van der Waals surface area contributed by atoms with E-state index in [0.717, 1.165) is 11.8 Å². The maximum absolute atomic E-state index is 4.83. The third kappa shape index (κ3) is 5.97. The Morgan fingerprint density at radius 2 is 1.55 bits per heavy atom. The molecule has 0 spiro atoms. The first kappa shape index (κ1) is 16.0. The normalized spacial score (nSPS) is 29.1. The van der Waals surface area contributed by atoms with E-state index in [4.69, 9.17) is 4.99 Å². The Labute approximate surface area is 126 Å². The summed E-state index contributed by atoms with van der Waals surface area (Å²) in [6.07, 6.45) is 22.2. The van der Waals surface area contributed by atoms with Gasteiger partial charge in [-0.2, -0.15) is 0 Å². The van der Waals surface area contributed by atoms with Gasteiger partial charge >= 0.3 is 0 Å². The maximum atomic E-state index is 4.83. The highest BCUT2D eigenvalue weighted by molar-refractivity contribution is 5.57. The fourth-order valence-electron chi connectivity index (χ4n) is 4.03. The van der Waals surface area contributed by atoms with E-state index in [1.807, 2.05) is 0 Å². The van der Waals surface area contributed by atoms with Crippen molar-refractivity contribution in [2.24, 2.45) is 16.8 Å². The first-order chi connectivity index (χ1) is 9.88. The summed E-state index contributed by atoms with van der Waals surface area (Å²) in [5.41, 5.74) is 0. The van der Waals surface area contributed by atoms with Gasteiger partial charge in [-0.3, -0.25) is 4.99 Å².